The number of carbonyl (C=O) groups excluding carboxylic acids is 1. The summed E-state index contributed by atoms with van der Waals surface area (Å²) >= 11 is 5.94. The smallest absolute Gasteiger partial charge is 0.307 e. The molecule has 0 spiro atoms. The Hall–Kier alpha value is -1.55. The van der Waals surface area contributed by atoms with E-state index in [-0.39, 0.29) is 5.91 Å². The largest absolute Gasteiger partial charge is 0.481 e. The van der Waals surface area contributed by atoms with E-state index < -0.39 is 17.8 Å². The number of anilines is 1. The Morgan fingerprint density at radius 3 is 2.39 bits per heavy atom. The number of carboxylic acids is 1. The van der Waals surface area contributed by atoms with Gasteiger partial charge >= 0.3 is 5.97 Å². The summed E-state index contributed by atoms with van der Waals surface area (Å²) in [7, 11) is 0. The highest BCUT2D eigenvalue weighted by molar-refractivity contribution is 6.31. The summed E-state index contributed by atoms with van der Waals surface area (Å²) in [6.07, 6.45) is 0. The number of amides is 1. The predicted octanol–water partition coefficient (Wildman–Crippen LogP) is 2.94. The topological polar surface area (TPSA) is 66.4 Å². The van der Waals surface area contributed by atoms with Gasteiger partial charge in [-0.1, -0.05) is 31.5 Å². The summed E-state index contributed by atoms with van der Waals surface area (Å²) in [5.74, 6) is -2.65. The van der Waals surface area contributed by atoms with Crippen LogP contribution in [0.5, 0.6) is 0 Å². The van der Waals surface area contributed by atoms with Crippen molar-refractivity contribution in [2.75, 3.05) is 5.32 Å². The fourth-order valence-electron chi connectivity index (χ4n) is 1.37. The Balaban J connectivity index is 2.75. The first-order valence-corrected chi connectivity index (χ1v) is 6.00. The van der Waals surface area contributed by atoms with Crippen molar-refractivity contribution in [3.63, 3.8) is 0 Å². The second-order valence-electron chi connectivity index (χ2n) is 4.37. The van der Waals surface area contributed by atoms with E-state index in [1.807, 2.05) is 6.92 Å². The zero-order valence-corrected chi connectivity index (χ0v) is 11.3. The average molecular weight is 270 g/mol. The third-order valence-electron chi connectivity index (χ3n) is 2.99. The minimum atomic E-state index is -0.986. The van der Waals surface area contributed by atoms with E-state index in [4.69, 9.17) is 16.7 Å². The quantitative estimate of drug-likeness (QED) is 0.883. The number of carboxylic acid groups (broad SMARTS) is 1. The second kappa shape index (κ2) is 5.87. The van der Waals surface area contributed by atoms with Gasteiger partial charge in [0.05, 0.1) is 5.92 Å². The number of hydrogen-bond acceptors (Lipinski definition) is 2. The summed E-state index contributed by atoms with van der Waals surface area (Å²) in [5.41, 5.74) is 1.49. The van der Waals surface area contributed by atoms with Gasteiger partial charge < -0.3 is 10.4 Å². The van der Waals surface area contributed by atoms with Crippen LogP contribution in [0.25, 0.3) is 0 Å². The molecule has 0 aromatic heterocycles. The van der Waals surface area contributed by atoms with Crippen molar-refractivity contribution < 1.29 is 14.7 Å². The molecule has 0 saturated heterocycles. The number of aliphatic carboxylic acids is 1. The SMILES string of the molecule is Cc1ccc(NC(=O)C(C)C(C)C(=O)O)cc1Cl. The van der Waals surface area contributed by atoms with Crippen LogP contribution in [-0.2, 0) is 9.59 Å². The predicted molar refractivity (Wildman–Crippen MR) is 70.8 cm³/mol. The minimum Gasteiger partial charge on any atom is -0.481 e. The van der Waals surface area contributed by atoms with E-state index in [1.54, 1.807) is 25.1 Å². The van der Waals surface area contributed by atoms with E-state index in [2.05, 4.69) is 5.32 Å². The molecule has 2 atom stereocenters. The zero-order chi connectivity index (χ0) is 13.9. The fourth-order valence-corrected chi connectivity index (χ4v) is 1.55. The molecule has 2 N–H and O–H groups in total. The molecule has 5 heteroatoms. The molecule has 1 aromatic rings. The van der Waals surface area contributed by atoms with Crippen LogP contribution in [-0.4, -0.2) is 17.0 Å². The van der Waals surface area contributed by atoms with Gasteiger partial charge in [-0.05, 0) is 24.6 Å². The first-order valence-electron chi connectivity index (χ1n) is 5.62. The van der Waals surface area contributed by atoms with Crippen LogP contribution in [0, 0.1) is 18.8 Å². The fraction of sp³-hybridized carbons (Fsp3) is 0.385. The highest BCUT2D eigenvalue weighted by atomic mass is 35.5. The number of benzene rings is 1. The summed E-state index contributed by atoms with van der Waals surface area (Å²) in [4.78, 5) is 22.6. The average Bonchev–Trinajstić information content (AvgIpc) is 2.31. The molecule has 98 valence electrons. The Labute approximate surface area is 111 Å². The van der Waals surface area contributed by atoms with Crippen molar-refractivity contribution in [1.29, 1.82) is 0 Å². The maximum Gasteiger partial charge on any atom is 0.307 e. The lowest BCUT2D eigenvalue weighted by Gasteiger charge is -2.16. The van der Waals surface area contributed by atoms with Crippen molar-refractivity contribution in [3.05, 3.63) is 28.8 Å². The number of aryl methyl sites for hydroxylation is 1. The summed E-state index contributed by atoms with van der Waals surface area (Å²) in [6, 6.07) is 5.17. The Morgan fingerprint density at radius 2 is 1.89 bits per heavy atom. The van der Waals surface area contributed by atoms with E-state index in [0.717, 1.165) is 5.56 Å². The molecule has 1 rings (SSSR count). The number of halogens is 1. The number of nitrogens with one attached hydrogen (secondary N) is 1. The monoisotopic (exact) mass is 269 g/mol. The lowest BCUT2D eigenvalue weighted by atomic mass is 9.95. The van der Waals surface area contributed by atoms with Gasteiger partial charge in [-0.25, -0.2) is 0 Å². The van der Waals surface area contributed by atoms with Gasteiger partial charge in [0, 0.05) is 16.6 Å². The van der Waals surface area contributed by atoms with Crippen LogP contribution in [0.2, 0.25) is 5.02 Å². The van der Waals surface area contributed by atoms with Crippen LogP contribution in [0.3, 0.4) is 0 Å². The lowest BCUT2D eigenvalue weighted by Crippen LogP contribution is -2.29. The maximum atomic E-state index is 11.8. The van der Waals surface area contributed by atoms with Crippen LogP contribution in [0.4, 0.5) is 5.69 Å². The molecular formula is C13H16ClNO3. The summed E-state index contributed by atoms with van der Waals surface area (Å²) in [6.45, 7) is 4.96. The van der Waals surface area contributed by atoms with Crippen molar-refractivity contribution in [2.45, 2.75) is 20.8 Å². The third-order valence-corrected chi connectivity index (χ3v) is 3.40. The Bertz CT molecular complexity index is 473. The summed E-state index contributed by atoms with van der Waals surface area (Å²) < 4.78 is 0. The molecule has 1 aromatic carbocycles. The van der Waals surface area contributed by atoms with Crippen LogP contribution >= 0.6 is 11.6 Å². The zero-order valence-electron chi connectivity index (χ0n) is 10.5. The summed E-state index contributed by atoms with van der Waals surface area (Å²) in [5, 5.41) is 12.1. The first kappa shape index (κ1) is 14.5. The van der Waals surface area contributed by atoms with Gasteiger partial charge in [0.25, 0.3) is 0 Å². The van der Waals surface area contributed by atoms with Gasteiger partial charge in [-0.15, -0.1) is 0 Å². The first-order chi connectivity index (χ1) is 8.32. The maximum absolute atomic E-state index is 11.8. The Kier molecular flexibility index (Phi) is 4.73. The number of hydrogen-bond donors (Lipinski definition) is 2. The van der Waals surface area contributed by atoms with E-state index in [0.29, 0.717) is 10.7 Å². The molecule has 0 saturated carbocycles. The minimum absolute atomic E-state index is 0.329. The molecule has 4 nitrogen and oxygen atoms in total. The van der Waals surface area contributed by atoms with Gasteiger partial charge in [-0.3, -0.25) is 9.59 Å². The number of rotatable bonds is 4. The molecule has 2 unspecified atom stereocenters. The third kappa shape index (κ3) is 3.47. The van der Waals surface area contributed by atoms with E-state index in [1.165, 1.54) is 6.92 Å². The molecule has 0 aliphatic heterocycles. The van der Waals surface area contributed by atoms with Gasteiger partial charge in [0.1, 0.15) is 0 Å². The van der Waals surface area contributed by atoms with Crippen LogP contribution in [0.1, 0.15) is 19.4 Å². The molecule has 1 amide bonds. The van der Waals surface area contributed by atoms with Gasteiger partial charge in [-0.2, -0.15) is 0 Å². The van der Waals surface area contributed by atoms with E-state index in [9.17, 15) is 9.59 Å². The molecule has 0 heterocycles. The highest BCUT2D eigenvalue weighted by Gasteiger charge is 2.25. The molecule has 0 radical (unpaired) electrons. The molecule has 18 heavy (non-hydrogen) atoms. The standard InChI is InChI=1S/C13H16ClNO3/c1-7-4-5-10(6-11(7)14)15-12(16)8(2)9(3)13(17)18/h4-6,8-9H,1-3H3,(H,15,16)(H,17,18). The van der Waals surface area contributed by atoms with Crippen molar-refractivity contribution in [1.82, 2.24) is 0 Å². The molecule has 0 fully saturated rings. The van der Waals surface area contributed by atoms with Gasteiger partial charge in [0.2, 0.25) is 5.91 Å². The normalized spacial score (nSPS) is 13.8. The van der Waals surface area contributed by atoms with Crippen molar-refractivity contribution >= 4 is 29.2 Å². The Morgan fingerprint density at radius 1 is 1.28 bits per heavy atom. The van der Waals surface area contributed by atoms with Crippen LogP contribution in [0.15, 0.2) is 18.2 Å². The lowest BCUT2D eigenvalue weighted by molar-refractivity contribution is -0.145. The van der Waals surface area contributed by atoms with Crippen molar-refractivity contribution in [2.24, 2.45) is 11.8 Å². The van der Waals surface area contributed by atoms with E-state index >= 15 is 0 Å². The molecule has 0 aliphatic rings. The second-order valence-corrected chi connectivity index (χ2v) is 4.78. The molecule has 0 aliphatic carbocycles. The molecule has 0 bridgehead atoms. The van der Waals surface area contributed by atoms with Crippen molar-refractivity contribution in [3.8, 4) is 0 Å². The van der Waals surface area contributed by atoms with Crippen LogP contribution < -0.4 is 5.32 Å². The highest BCUT2D eigenvalue weighted by Crippen LogP contribution is 2.21. The number of carbonyl (C=O) groups is 2. The molecular weight excluding hydrogens is 254 g/mol. The van der Waals surface area contributed by atoms with Gasteiger partial charge in [0.15, 0.2) is 0 Å².